The number of aliphatic imine (C=N–C) groups is 1. The average Bonchev–Trinajstić information content (AvgIpc) is 3.10. The molecule has 2 N–H and O–H groups in total. The van der Waals surface area contributed by atoms with Crippen LogP contribution in [0.25, 0.3) is 21.5 Å². The maximum absolute atomic E-state index is 12.8. The number of amidine groups is 1. The summed E-state index contributed by atoms with van der Waals surface area (Å²) in [6, 6.07) is 13.7. The Morgan fingerprint density at radius 1 is 1.10 bits per heavy atom. The molecule has 30 heavy (non-hydrogen) atoms. The van der Waals surface area contributed by atoms with E-state index in [0.717, 1.165) is 16.8 Å². The number of pyridine rings is 1. The number of ether oxygens (including phenoxy) is 1. The fraction of sp³-hybridized carbons (Fsp3) is 0.0952. The van der Waals surface area contributed by atoms with Gasteiger partial charge in [0.15, 0.2) is 5.75 Å². The summed E-state index contributed by atoms with van der Waals surface area (Å²) in [5, 5.41) is 0.529. The van der Waals surface area contributed by atoms with Gasteiger partial charge in [-0.15, -0.1) is 0 Å². The highest BCUT2D eigenvalue weighted by Crippen LogP contribution is 2.36. The van der Waals surface area contributed by atoms with Gasteiger partial charge in [0.05, 0.1) is 21.8 Å². The van der Waals surface area contributed by atoms with Crippen molar-refractivity contribution in [1.29, 1.82) is 0 Å². The van der Waals surface area contributed by atoms with Crippen molar-refractivity contribution < 1.29 is 17.9 Å². The molecule has 4 aromatic rings. The molecule has 0 spiro atoms. The van der Waals surface area contributed by atoms with Crippen LogP contribution >= 0.6 is 11.3 Å². The highest BCUT2D eigenvalue weighted by atomic mass is 32.1. The second kappa shape index (κ2) is 7.75. The summed E-state index contributed by atoms with van der Waals surface area (Å²) in [7, 11) is 0. The third-order valence-corrected chi connectivity index (χ3v) is 5.02. The summed E-state index contributed by atoms with van der Waals surface area (Å²) in [6.07, 6.45) is -2.84. The molecule has 4 rings (SSSR count). The minimum Gasteiger partial charge on any atom is -0.455 e. The molecule has 0 saturated carbocycles. The number of halogens is 3. The van der Waals surface area contributed by atoms with E-state index in [0.29, 0.717) is 39.2 Å². The molecule has 0 unspecified atom stereocenters. The molecule has 152 valence electrons. The van der Waals surface area contributed by atoms with Crippen LogP contribution in [0.2, 0.25) is 0 Å². The summed E-state index contributed by atoms with van der Waals surface area (Å²) in [5.41, 5.74) is 6.62. The molecule has 0 saturated heterocycles. The summed E-state index contributed by atoms with van der Waals surface area (Å²) in [5.74, 6) is 1.43. The smallest absolute Gasteiger partial charge is 0.416 e. The van der Waals surface area contributed by atoms with Crippen LogP contribution in [0.15, 0.2) is 65.8 Å². The summed E-state index contributed by atoms with van der Waals surface area (Å²) < 4.78 is 45.2. The Hall–Kier alpha value is -3.46. The highest BCUT2D eigenvalue weighted by Gasteiger charge is 2.30. The Morgan fingerprint density at radius 2 is 1.87 bits per heavy atom. The monoisotopic (exact) mass is 428 g/mol. The molecule has 9 heteroatoms. The Kier molecular flexibility index (Phi) is 5.13. The molecule has 0 amide bonds. The predicted molar refractivity (Wildman–Crippen MR) is 111 cm³/mol. The van der Waals surface area contributed by atoms with Gasteiger partial charge in [0, 0.05) is 17.8 Å². The second-order valence-corrected chi connectivity index (χ2v) is 7.42. The largest absolute Gasteiger partial charge is 0.455 e. The van der Waals surface area contributed by atoms with E-state index in [2.05, 4.69) is 15.0 Å². The minimum atomic E-state index is -4.38. The number of hydrogen-bond donors (Lipinski definition) is 1. The molecule has 0 aliphatic rings. The molecule has 0 atom stereocenters. The lowest BCUT2D eigenvalue weighted by Crippen LogP contribution is -2.04. The maximum Gasteiger partial charge on any atom is 0.416 e. The molecular formula is C21H15F3N4OS. The van der Waals surface area contributed by atoms with Crippen LogP contribution in [0, 0.1) is 0 Å². The van der Waals surface area contributed by atoms with Crippen molar-refractivity contribution in [3.05, 3.63) is 66.4 Å². The molecule has 0 radical (unpaired) electrons. The van der Waals surface area contributed by atoms with Crippen molar-refractivity contribution in [2.45, 2.75) is 13.1 Å². The molecule has 2 aromatic carbocycles. The standard InChI is InChI=1S/C21H15F3N4OS/c1-12(25)27-20-28-19-17(3-2-4-18(19)30-20)29-15-9-10-26-16(11-15)13-5-7-14(8-6-13)21(22,23)24/h2-11H,1H3,(H2,25,27,28). The fourth-order valence-electron chi connectivity index (χ4n) is 2.78. The number of thiazole rings is 1. The van der Waals surface area contributed by atoms with Crippen LogP contribution < -0.4 is 10.5 Å². The Morgan fingerprint density at radius 3 is 2.57 bits per heavy atom. The average molecular weight is 428 g/mol. The van der Waals surface area contributed by atoms with Crippen molar-refractivity contribution >= 4 is 32.5 Å². The SMILES string of the molecule is CC(N)=Nc1nc2c(Oc3ccnc(-c4ccc(C(F)(F)F)cc4)c3)cccc2s1. The third-order valence-electron chi connectivity index (χ3n) is 4.11. The van der Waals surface area contributed by atoms with Gasteiger partial charge in [0.2, 0.25) is 5.13 Å². The van der Waals surface area contributed by atoms with Gasteiger partial charge in [-0.3, -0.25) is 4.98 Å². The normalized spacial score (nSPS) is 12.3. The topological polar surface area (TPSA) is 73.4 Å². The molecule has 0 aliphatic heterocycles. The van der Waals surface area contributed by atoms with Gasteiger partial charge >= 0.3 is 6.18 Å². The van der Waals surface area contributed by atoms with Gasteiger partial charge in [-0.25, -0.2) is 9.98 Å². The van der Waals surface area contributed by atoms with Crippen LogP contribution in [0.5, 0.6) is 11.5 Å². The van der Waals surface area contributed by atoms with Crippen LogP contribution in [0.3, 0.4) is 0 Å². The first-order valence-electron chi connectivity index (χ1n) is 8.81. The zero-order valence-electron chi connectivity index (χ0n) is 15.6. The molecular weight excluding hydrogens is 413 g/mol. The maximum atomic E-state index is 12.8. The van der Waals surface area contributed by atoms with Crippen molar-refractivity contribution in [2.24, 2.45) is 10.7 Å². The number of alkyl halides is 3. The van der Waals surface area contributed by atoms with Gasteiger partial charge in [0.25, 0.3) is 0 Å². The summed E-state index contributed by atoms with van der Waals surface area (Å²) in [6.45, 7) is 1.68. The van der Waals surface area contributed by atoms with Crippen molar-refractivity contribution in [1.82, 2.24) is 9.97 Å². The van der Waals surface area contributed by atoms with Crippen molar-refractivity contribution in [2.75, 3.05) is 0 Å². The van der Waals surface area contributed by atoms with Gasteiger partial charge < -0.3 is 10.5 Å². The number of hydrogen-bond acceptors (Lipinski definition) is 5. The first kappa shape index (κ1) is 19.8. The summed E-state index contributed by atoms with van der Waals surface area (Å²) in [4.78, 5) is 12.9. The Labute approximate surface area is 173 Å². The van der Waals surface area contributed by atoms with Crippen LogP contribution in [-0.4, -0.2) is 15.8 Å². The number of aromatic nitrogens is 2. The Bertz CT molecular complexity index is 1230. The molecule has 0 bridgehead atoms. The number of fused-ring (bicyclic) bond motifs is 1. The minimum absolute atomic E-state index is 0.409. The zero-order chi connectivity index (χ0) is 21.3. The van der Waals surface area contributed by atoms with Crippen molar-refractivity contribution in [3.8, 4) is 22.8 Å². The molecule has 2 heterocycles. The number of nitrogens with two attached hydrogens (primary N) is 1. The molecule has 0 fully saturated rings. The van der Waals surface area contributed by atoms with E-state index < -0.39 is 11.7 Å². The van der Waals surface area contributed by atoms with Gasteiger partial charge in [-0.05, 0) is 37.3 Å². The van der Waals surface area contributed by atoms with Gasteiger partial charge in [0.1, 0.15) is 11.3 Å². The highest BCUT2D eigenvalue weighted by molar-refractivity contribution is 7.22. The second-order valence-electron chi connectivity index (χ2n) is 6.41. The summed E-state index contributed by atoms with van der Waals surface area (Å²) >= 11 is 1.39. The molecule has 0 aliphatic carbocycles. The molecule has 2 aromatic heterocycles. The van der Waals surface area contributed by atoms with Gasteiger partial charge in [-0.1, -0.05) is 29.5 Å². The van der Waals surface area contributed by atoms with E-state index in [1.165, 1.54) is 29.7 Å². The van der Waals surface area contributed by atoms with Crippen LogP contribution in [0.1, 0.15) is 12.5 Å². The van der Waals surface area contributed by atoms with E-state index in [9.17, 15) is 13.2 Å². The fourth-order valence-corrected chi connectivity index (χ4v) is 3.69. The first-order valence-corrected chi connectivity index (χ1v) is 9.63. The number of benzene rings is 2. The van der Waals surface area contributed by atoms with E-state index >= 15 is 0 Å². The zero-order valence-corrected chi connectivity index (χ0v) is 16.5. The Balaban J connectivity index is 1.64. The van der Waals surface area contributed by atoms with E-state index in [-0.39, 0.29) is 0 Å². The lowest BCUT2D eigenvalue weighted by atomic mass is 10.1. The predicted octanol–water partition coefficient (Wildman–Crippen LogP) is 6.18. The van der Waals surface area contributed by atoms with Crippen molar-refractivity contribution in [3.63, 3.8) is 0 Å². The van der Waals surface area contributed by atoms with Gasteiger partial charge in [-0.2, -0.15) is 13.2 Å². The number of para-hydroxylation sites is 1. The molecule has 5 nitrogen and oxygen atoms in total. The lowest BCUT2D eigenvalue weighted by Gasteiger charge is -2.09. The lowest BCUT2D eigenvalue weighted by molar-refractivity contribution is -0.137. The third kappa shape index (κ3) is 4.25. The number of rotatable bonds is 4. The van der Waals surface area contributed by atoms with Crippen LogP contribution in [0.4, 0.5) is 18.3 Å². The van der Waals surface area contributed by atoms with E-state index in [4.69, 9.17) is 10.5 Å². The van der Waals surface area contributed by atoms with Crippen LogP contribution in [-0.2, 0) is 6.18 Å². The van der Waals surface area contributed by atoms with E-state index in [1.807, 2.05) is 12.1 Å². The first-order chi connectivity index (χ1) is 14.3. The van der Waals surface area contributed by atoms with E-state index in [1.54, 1.807) is 25.1 Å². The quantitative estimate of drug-likeness (QED) is 0.311. The number of nitrogens with zero attached hydrogens (tertiary/aromatic N) is 3.